The SMILES string of the molecule is COc1ccc2c(=O)c3c(oc2c1)C(=O)N(CCN(C)C)[C@@H]3c1cccc([N+](=O)[O-])c1. The number of methoxy groups -OCH3 is 1. The summed E-state index contributed by atoms with van der Waals surface area (Å²) in [4.78, 5) is 40.9. The Bertz CT molecular complexity index is 1250. The third kappa shape index (κ3) is 3.53. The van der Waals surface area contributed by atoms with E-state index in [-0.39, 0.29) is 28.0 Å². The second-order valence-electron chi connectivity index (χ2n) is 7.59. The van der Waals surface area contributed by atoms with Crippen LogP contribution in [0.15, 0.2) is 51.7 Å². The number of likely N-dealkylation sites (N-methyl/N-ethyl adjacent to an activating group) is 1. The molecule has 9 nitrogen and oxygen atoms in total. The molecule has 1 atom stereocenters. The van der Waals surface area contributed by atoms with Gasteiger partial charge in [-0.15, -0.1) is 0 Å². The van der Waals surface area contributed by atoms with Crippen LogP contribution >= 0.6 is 0 Å². The highest BCUT2D eigenvalue weighted by atomic mass is 16.6. The fraction of sp³-hybridized carbons (Fsp3) is 0.273. The van der Waals surface area contributed by atoms with E-state index in [1.165, 1.54) is 24.1 Å². The van der Waals surface area contributed by atoms with Crippen LogP contribution < -0.4 is 10.2 Å². The average molecular weight is 423 g/mol. The summed E-state index contributed by atoms with van der Waals surface area (Å²) in [7, 11) is 5.25. The number of nitro benzene ring substituents is 1. The number of nitro groups is 1. The van der Waals surface area contributed by atoms with E-state index in [0.29, 0.717) is 29.8 Å². The van der Waals surface area contributed by atoms with Crippen molar-refractivity contribution in [1.82, 2.24) is 9.80 Å². The Labute approximate surface area is 177 Å². The second kappa shape index (κ2) is 7.84. The molecule has 1 aliphatic rings. The van der Waals surface area contributed by atoms with Gasteiger partial charge in [-0.1, -0.05) is 12.1 Å². The third-order valence-corrected chi connectivity index (χ3v) is 5.36. The van der Waals surface area contributed by atoms with Crippen molar-refractivity contribution in [2.24, 2.45) is 0 Å². The Morgan fingerprint density at radius 3 is 2.65 bits per heavy atom. The van der Waals surface area contributed by atoms with Crippen LogP contribution in [-0.2, 0) is 0 Å². The van der Waals surface area contributed by atoms with Crippen molar-refractivity contribution < 1.29 is 18.9 Å². The number of amides is 1. The summed E-state index contributed by atoms with van der Waals surface area (Å²) in [6.07, 6.45) is 0. The zero-order valence-electron chi connectivity index (χ0n) is 17.3. The van der Waals surface area contributed by atoms with Crippen LogP contribution in [0.4, 0.5) is 5.69 Å². The largest absolute Gasteiger partial charge is 0.497 e. The lowest BCUT2D eigenvalue weighted by molar-refractivity contribution is -0.384. The molecule has 160 valence electrons. The van der Waals surface area contributed by atoms with Crippen molar-refractivity contribution in [3.63, 3.8) is 0 Å². The van der Waals surface area contributed by atoms with Gasteiger partial charge in [0.2, 0.25) is 5.76 Å². The predicted molar refractivity (Wildman–Crippen MR) is 114 cm³/mol. The van der Waals surface area contributed by atoms with Crippen molar-refractivity contribution in [3.05, 3.63) is 79.7 Å². The molecule has 3 aromatic rings. The molecule has 0 fully saturated rings. The van der Waals surface area contributed by atoms with Crippen LogP contribution in [0.2, 0.25) is 0 Å². The van der Waals surface area contributed by atoms with Gasteiger partial charge in [0.05, 0.1) is 29.0 Å². The smallest absolute Gasteiger partial charge is 0.290 e. The van der Waals surface area contributed by atoms with Gasteiger partial charge in [-0.25, -0.2) is 0 Å². The number of fused-ring (bicyclic) bond motifs is 2. The van der Waals surface area contributed by atoms with Gasteiger partial charge in [-0.3, -0.25) is 19.7 Å². The number of nitrogens with zero attached hydrogens (tertiary/aromatic N) is 3. The normalized spacial score (nSPS) is 15.5. The van der Waals surface area contributed by atoms with Crippen LogP contribution in [0.25, 0.3) is 11.0 Å². The minimum Gasteiger partial charge on any atom is -0.497 e. The Hall–Kier alpha value is -3.72. The maximum absolute atomic E-state index is 13.4. The highest BCUT2D eigenvalue weighted by Crippen LogP contribution is 2.39. The number of non-ortho nitro benzene ring substituents is 1. The molecule has 1 amide bonds. The molecule has 0 saturated heterocycles. The quantitative estimate of drug-likeness (QED) is 0.443. The van der Waals surface area contributed by atoms with Crippen molar-refractivity contribution >= 4 is 22.6 Å². The van der Waals surface area contributed by atoms with Gasteiger partial charge in [0, 0.05) is 31.3 Å². The molecule has 1 aromatic heterocycles. The van der Waals surface area contributed by atoms with E-state index in [2.05, 4.69) is 0 Å². The molecule has 2 aromatic carbocycles. The first kappa shape index (κ1) is 20.5. The van der Waals surface area contributed by atoms with Gasteiger partial charge in [0.15, 0.2) is 5.43 Å². The predicted octanol–water partition coefficient (Wildman–Crippen LogP) is 2.82. The number of rotatable bonds is 6. The van der Waals surface area contributed by atoms with Crippen LogP contribution in [0, 0.1) is 10.1 Å². The van der Waals surface area contributed by atoms with Crippen LogP contribution in [0.5, 0.6) is 5.75 Å². The van der Waals surface area contributed by atoms with E-state index < -0.39 is 16.9 Å². The molecule has 9 heteroatoms. The number of ether oxygens (including phenoxy) is 1. The lowest BCUT2D eigenvalue weighted by Crippen LogP contribution is -2.35. The van der Waals surface area contributed by atoms with E-state index in [4.69, 9.17) is 9.15 Å². The summed E-state index contributed by atoms with van der Waals surface area (Å²) in [5.74, 6) is 0.0388. The molecular weight excluding hydrogens is 402 g/mol. The first-order chi connectivity index (χ1) is 14.8. The van der Waals surface area contributed by atoms with Crippen molar-refractivity contribution in [2.75, 3.05) is 34.3 Å². The van der Waals surface area contributed by atoms with Crippen LogP contribution in [-0.4, -0.2) is 54.9 Å². The van der Waals surface area contributed by atoms with Crippen molar-refractivity contribution in [2.45, 2.75) is 6.04 Å². The molecule has 2 heterocycles. The summed E-state index contributed by atoms with van der Waals surface area (Å²) in [5.41, 5.74) is 0.489. The van der Waals surface area contributed by atoms with Gasteiger partial charge in [-0.2, -0.15) is 0 Å². The number of carbonyl (C=O) groups is 1. The van der Waals surface area contributed by atoms with Crippen molar-refractivity contribution in [1.29, 1.82) is 0 Å². The number of hydrogen-bond acceptors (Lipinski definition) is 7. The fourth-order valence-corrected chi connectivity index (χ4v) is 3.82. The standard InChI is InChI=1S/C22H21N3O6/c1-23(2)9-10-24-19(13-5-4-6-14(11-13)25(28)29)18-20(26)16-8-7-15(30-3)12-17(16)31-21(18)22(24)27/h4-8,11-12,19H,9-10H2,1-3H3/t19-/m1/s1. The van der Waals surface area contributed by atoms with Gasteiger partial charge < -0.3 is 19.0 Å². The maximum atomic E-state index is 13.4. The third-order valence-electron chi connectivity index (χ3n) is 5.36. The monoisotopic (exact) mass is 423 g/mol. The van der Waals surface area contributed by atoms with Gasteiger partial charge in [-0.05, 0) is 31.8 Å². The molecule has 0 unspecified atom stereocenters. The van der Waals surface area contributed by atoms with Crippen LogP contribution in [0.1, 0.15) is 27.7 Å². The second-order valence-corrected chi connectivity index (χ2v) is 7.59. The zero-order chi connectivity index (χ0) is 22.3. The molecule has 0 N–H and O–H groups in total. The highest BCUT2D eigenvalue weighted by Gasteiger charge is 2.42. The van der Waals surface area contributed by atoms with Gasteiger partial charge in [0.1, 0.15) is 11.3 Å². The highest BCUT2D eigenvalue weighted by molar-refractivity contribution is 5.99. The molecule has 31 heavy (non-hydrogen) atoms. The molecule has 0 bridgehead atoms. The minimum absolute atomic E-state index is 0.0407. The summed E-state index contributed by atoms with van der Waals surface area (Å²) in [5, 5.41) is 11.6. The van der Waals surface area contributed by atoms with E-state index in [9.17, 15) is 19.7 Å². The molecule has 0 aliphatic carbocycles. The van der Waals surface area contributed by atoms with E-state index in [1.807, 2.05) is 19.0 Å². The molecule has 4 rings (SSSR count). The summed E-state index contributed by atoms with van der Waals surface area (Å²) in [6, 6.07) is 10.0. The Morgan fingerprint density at radius 2 is 1.97 bits per heavy atom. The first-order valence-corrected chi connectivity index (χ1v) is 9.66. The Morgan fingerprint density at radius 1 is 1.19 bits per heavy atom. The maximum Gasteiger partial charge on any atom is 0.290 e. The molecular formula is C22H21N3O6. The number of carbonyl (C=O) groups excluding carboxylic acids is 1. The molecule has 0 saturated carbocycles. The summed E-state index contributed by atoms with van der Waals surface area (Å²) >= 11 is 0. The zero-order valence-corrected chi connectivity index (χ0v) is 17.3. The molecule has 0 spiro atoms. The Kier molecular flexibility index (Phi) is 5.20. The topological polar surface area (TPSA) is 106 Å². The summed E-state index contributed by atoms with van der Waals surface area (Å²) in [6.45, 7) is 0.870. The lowest BCUT2D eigenvalue weighted by Gasteiger charge is -2.26. The van der Waals surface area contributed by atoms with E-state index >= 15 is 0 Å². The number of hydrogen-bond donors (Lipinski definition) is 0. The Balaban J connectivity index is 1.94. The average Bonchev–Trinajstić information content (AvgIpc) is 3.04. The summed E-state index contributed by atoms with van der Waals surface area (Å²) < 4.78 is 11.1. The van der Waals surface area contributed by atoms with E-state index in [0.717, 1.165) is 0 Å². The molecule has 0 radical (unpaired) electrons. The number of benzene rings is 2. The minimum atomic E-state index is -0.773. The fourth-order valence-electron chi connectivity index (χ4n) is 3.82. The first-order valence-electron chi connectivity index (χ1n) is 9.66. The van der Waals surface area contributed by atoms with Crippen molar-refractivity contribution in [3.8, 4) is 5.75 Å². The van der Waals surface area contributed by atoms with Gasteiger partial charge >= 0.3 is 0 Å². The molecule has 1 aliphatic heterocycles. The lowest BCUT2D eigenvalue weighted by atomic mass is 9.98. The van der Waals surface area contributed by atoms with Crippen LogP contribution in [0.3, 0.4) is 0 Å². The van der Waals surface area contributed by atoms with Gasteiger partial charge in [0.25, 0.3) is 11.6 Å². The van der Waals surface area contributed by atoms with E-state index in [1.54, 1.807) is 30.3 Å².